The van der Waals surface area contributed by atoms with E-state index in [1.807, 2.05) is 6.08 Å². The molecule has 0 amide bonds. The van der Waals surface area contributed by atoms with Gasteiger partial charge in [-0.1, -0.05) is 203 Å². The van der Waals surface area contributed by atoms with Crippen LogP contribution in [0.5, 0.6) is 0 Å². The molecule has 0 heterocycles. The summed E-state index contributed by atoms with van der Waals surface area (Å²) in [7, 11) is 0. The van der Waals surface area contributed by atoms with E-state index in [1.54, 1.807) is 0 Å². The summed E-state index contributed by atoms with van der Waals surface area (Å²) < 4.78 is 16.7. The third-order valence-corrected chi connectivity index (χ3v) is 10.9. The van der Waals surface area contributed by atoms with Crippen molar-refractivity contribution in [3.05, 3.63) is 72.9 Å². The van der Waals surface area contributed by atoms with Crippen molar-refractivity contribution in [3.63, 3.8) is 0 Å². The van der Waals surface area contributed by atoms with Crippen molar-refractivity contribution in [2.75, 3.05) is 13.2 Å². The molecule has 0 rings (SSSR count). The molecule has 0 aliphatic heterocycles. The summed E-state index contributed by atoms with van der Waals surface area (Å²) in [5.74, 6) is -0.985. The van der Waals surface area contributed by atoms with E-state index in [0.29, 0.717) is 19.3 Å². The zero-order valence-electron chi connectivity index (χ0n) is 40.6. The molecule has 0 saturated heterocycles. The van der Waals surface area contributed by atoms with Gasteiger partial charge in [0.05, 0.1) is 0 Å². The molecule has 1 atom stereocenters. The predicted molar refractivity (Wildman–Crippen MR) is 265 cm³/mol. The minimum atomic E-state index is -0.804. The largest absolute Gasteiger partial charge is 0.462 e. The molecule has 1 unspecified atom stereocenters. The summed E-state index contributed by atoms with van der Waals surface area (Å²) in [5.41, 5.74) is 0. The highest BCUT2D eigenvalue weighted by Crippen LogP contribution is 2.14. The molecule has 62 heavy (non-hydrogen) atoms. The number of hydrogen-bond donors (Lipinski definition) is 0. The van der Waals surface area contributed by atoms with Gasteiger partial charge in [0.15, 0.2) is 6.10 Å². The lowest BCUT2D eigenvalue weighted by Gasteiger charge is -2.18. The van der Waals surface area contributed by atoms with Gasteiger partial charge in [0.1, 0.15) is 13.2 Å². The molecule has 0 N–H and O–H groups in total. The Bertz CT molecular complexity index is 1180. The molecular formula is C56H96O6. The van der Waals surface area contributed by atoms with Gasteiger partial charge >= 0.3 is 17.9 Å². The second-order valence-electron chi connectivity index (χ2n) is 17.0. The van der Waals surface area contributed by atoms with Crippen molar-refractivity contribution in [2.45, 2.75) is 252 Å². The lowest BCUT2D eigenvalue weighted by Crippen LogP contribution is -2.30. The van der Waals surface area contributed by atoms with Crippen molar-refractivity contribution in [2.24, 2.45) is 0 Å². The van der Waals surface area contributed by atoms with Crippen LogP contribution < -0.4 is 0 Å². The first-order valence-electron chi connectivity index (χ1n) is 25.9. The maximum atomic E-state index is 12.8. The third kappa shape index (κ3) is 47.9. The fourth-order valence-corrected chi connectivity index (χ4v) is 7.03. The summed E-state index contributed by atoms with van der Waals surface area (Å²) in [4.78, 5) is 37.9. The molecule has 0 aromatic heterocycles. The van der Waals surface area contributed by atoms with Crippen LogP contribution in [-0.4, -0.2) is 37.2 Å². The number of allylic oxidation sites excluding steroid dienone is 12. The van der Waals surface area contributed by atoms with Crippen LogP contribution in [0, 0.1) is 0 Å². The minimum Gasteiger partial charge on any atom is -0.462 e. The first-order chi connectivity index (χ1) is 30.5. The lowest BCUT2D eigenvalue weighted by atomic mass is 10.1. The van der Waals surface area contributed by atoms with Crippen LogP contribution in [0.3, 0.4) is 0 Å². The Labute approximate surface area is 382 Å². The molecule has 0 aromatic carbocycles. The van der Waals surface area contributed by atoms with Gasteiger partial charge in [0.25, 0.3) is 0 Å². The number of unbranched alkanes of at least 4 members (excludes halogenated alkanes) is 23. The summed E-state index contributed by atoms with van der Waals surface area (Å²) in [5, 5.41) is 0. The van der Waals surface area contributed by atoms with Crippen molar-refractivity contribution < 1.29 is 28.6 Å². The van der Waals surface area contributed by atoms with Gasteiger partial charge in [-0.05, 0) is 96.3 Å². The highest BCUT2D eigenvalue weighted by Gasteiger charge is 2.19. The topological polar surface area (TPSA) is 78.9 Å². The van der Waals surface area contributed by atoms with Gasteiger partial charge in [-0.25, -0.2) is 0 Å². The normalized spacial score (nSPS) is 12.6. The summed E-state index contributed by atoms with van der Waals surface area (Å²) in [6.07, 6.45) is 63.2. The molecule has 0 aliphatic carbocycles. The van der Waals surface area contributed by atoms with E-state index < -0.39 is 6.10 Å². The number of rotatable bonds is 46. The van der Waals surface area contributed by atoms with Gasteiger partial charge in [-0.3, -0.25) is 14.4 Å². The summed E-state index contributed by atoms with van der Waals surface area (Å²) in [6, 6.07) is 0. The molecular weight excluding hydrogens is 769 g/mol. The Kier molecular flexibility index (Phi) is 47.9. The van der Waals surface area contributed by atoms with Gasteiger partial charge in [0, 0.05) is 19.3 Å². The van der Waals surface area contributed by atoms with E-state index in [4.69, 9.17) is 14.2 Å². The Balaban J connectivity index is 4.45. The molecule has 356 valence electrons. The van der Waals surface area contributed by atoms with Crippen LogP contribution in [0.4, 0.5) is 0 Å². The first-order valence-corrected chi connectivity index (χ1v) is 25.9. The molecule has 0 aliphatic rings. The Morgan fingerprint density at radius 1 is 0.339 bits per heavy atom. The van der Waals surface area contributed by atoms with Gasteiger partial charge in [-0.15, -0.1) is 0 Å². The van der Waals surface area contributed by atoms with Crippen LogP contribution in [0.1, 0.15) is 245 Å². The maximum Gasteiger partial charge on any atom is 0.306 e. The van der Waals surface area contributed by atoms with E-state index in [0.717, 1.165) is 83.5 Å². The Hall–Kier alpha value is -3.15. The van der Waals surface area contributed by atoms with E-state index in [9.17, 15) is 14.4 Å². The zero-order chi connectivity index (χ0) is 45.1. The third-order valence-electron chi connectivity index (χ3n) is 10.9. The standard InChI is InChI=1S/C56H96O6/c1-4-7-10-13-16-19-22-25-27-28-29-32-34-37-40-43-46-49-55(58)61-52-53(51-60-54(57)48-45-42-39-36-33-30-24-21-18-15-12-9-6-3)62-56(59)50-47-44-41-38-35-31-26-23-20-17-14-11-8-5-2/h8,11,16-17,19-20,25,27,30,33,39,42,53H,4-7,9-10,12-15,18,21-24,26,28-29,31-32,34-38,40-41,43-52H2,1-3H3/b11-8-,19-16-,20-17-,27-25-,33-30-,42-39-. The zero-order valence-corrected chi connectivity index (χ0v) is 40.6. The van der Waals surface area contributed by atoms with Gasteiger partial charge < -0.3 is 14.2 Å². The number of esters is 3. The average Bonchev–Trinajstić information content (AvgIpc) is 3.27. The SMILES string of the molecule is CC/C=C\C/C=C\CCCCCCCCCC(=O)OC(COC(=O)CC/C=C\C/C=C\CCCCCCCC)COC(=O)CCCCCCCCC/C=C\C/C=C\CCCCC. The Morgan fingerprint density at radius 2 is 0.661 bits per heavy atom. The fourth-order valence-electron chi connectivity index (χ4n) is 7.03. The smallest absolute Gasteiger partial charge is 0.306 e. The van der Waals surface area contributed by atoms with Crippen molar-refractivity contribution >= 4 is 17.9 Å². The van der Waals surface area contributed by atoms with Crippen LogP contribution in [0.15, 0.2) is 72.9 Å². The number of ether oxygens (including phenoxy) is 3. The maximum absolute atomic E-state index is 12.8. The van der Waals surface area contributed by atoms with Gasteiger partial charge in [0.2, 0.25) is 0 Å². The molecule has 0 bridgehead atoms. The number of carbonyl (C=O) groups is 3. The van der Waals surface area contributed by atoms with Gasteiger partial charge in [-0.2, -0.15) is 0 Å². The summed E-state index contributed by atoms with van der Waals surface area (Å²) >= 11 is 0. The second-order valence-corrected chi connectivity index (χ2v) is 17.0. The fraction of sp³-hybridized carbons (Fsp3) is 0.732. The van der Waals surface area contributed by atoms with Crippen LogP contribution in [0.25, 0.3) is 0 Å². The minimum absolute atomic E-state index is 0.100. The van der Waals surface area contributed by atoms with E-state index in [1.165, 1.54) is 116 Å². The average molecular weight is 865 g/mol. The van der Waals surface area contributed by atoms with E-state index in [-0.39, 0.29) is 37.5 Å². The van der Waals surface area contributed by atoms with Crippen LogP contribution in [-0.2, 0) is 28.6 Å². The number of carbonyl (C=O) groups excluding carboxylic acids is 3. The van der Waals surface area contributed by atoms with Crippen molar-refractivity contribution in [3.8, 4) is 0 Å². The highest BCUT2D eigenvalue weighted by molar-refractivity contribution is 5.71. The molecule has 6 heteroatoms. The quantitative estimate of drug-likeness (QED) is 0.0262. The van der Waals surface area contributed by atoms with Crippen molar-refractivity contribution in [1.82, 2.24) is 0 Å². The molecule has 0 spiro atoms. The lowest BCUT2D eigenvalue weighted by molar-refractivity contribution is -0.166. The molecule has 0 radical (unpaired) electrons. The monoisotopic (exact) mass is 865 g/mol. The first kappa shape index (κ1) is 58.9. The Morgan fingerprint density at radius 3 is 1.10 bits per heavy atom. The van der Waals surface area contributed by atoms with E-state index >= 15 is 0 Å². The summed E-state index contributed by atoms with van der Waals surface area (Å²) in [6.45, 7) is 6.43. The molecule has 0 aromatic rings. The highest BCUT2D eigenvalue weighted by atomic mass is 16.6. The van der Waals surface area contributed by atoms with Crippen LogP contribution in [0.2, 0.25) is 0 Å². The predicted octanol–water partition coefficient (Wildman–Crippen LogP) is 17.0. The van der Waals surface area contributed by atoms with Crippen molar-refractivity contribution in [1.29, 1.82) is 0 Å². The van der Waals surface area contributed by atoms with E-state index in [2.05, 4.69) is 87.6 Å². The molecule has 6 nitrogen and oxygen atoms in total. The number of hydrogen-bond acceptors (Lipinski definition) is 6. The molecule has 0 fully saturated rings. The second kappa shape index (κ2) is 50.5. The van der Waals surface area contributed by atoms with Crippen LogP contribution >= 0.6 is 0 Å². The molecule has 0 saturated carbocycles.